The number of para-hydroxylation sites is 1. The summed E-state index contributed by atoms with van der Waals surface area (Å²) in [5.74, 6) is 0. The zero-order valence-corrected chi connectivity index (χ0v) is 16.7. The van der Waals surface area contributed by atoms with Gasteiger partial charge in [-0.05, 0) is 48.4 Å². The van der Waals surface area contributed by atoms with E-state index < -0.39 is 7.29 Å². The molecule has 0 aliphatic rings. The summed E-state index contributed by atoms with van der Waals surface area (Å²) in [6, 6.07) is 29.5. The molecule has 0 spiro atoms. The highest BCUT2D eigenvalue weighted by molar-refractivity contribution is 7.76. The number of nitrogens with one attached hydrogen (secondary N) is 1. The van der Waals surface area contributed by atoms with Crippen molar-refractivity contribution in [3.8, 4) is 0 Å². The van der Waals surface area contributed by atoms with Crippen LogP contribution in [0.25, 0.3) is 10.9 Å². The zero-order valence-electron chi connectivity index (χ0n) is 15.8. The fraction of sp³-hybridized carbons (Fsp3) is 0.125. The van der Waals surface area contributed by atoms with Gasteiger partial charge < -0.3 is 0 Å². The van der Waals surface area contributed by atoms with Gasteiger partial charge in [0.25, 0.3) is 0 Å². The van der Waals surface area contributed by atoms with Crippen LogP contribution in [0.1, 0.15) is 24.9 Å². The molecule has 4 aromatic rings. The van der Waals surface area contributed by atoms with Crippen LogP contribution in [0.4, 0.5) is 0 Å². The SMILES string of the molecule is CC[C@H](NP(=O)(c1ccccc1)c1ccccc1)c1cnc2ccccc2c1. The highest BCUT2D eigenvalue weighted by atomic mass is 31.2. The predicted octanol–water partition coefficient (Wildman–Crippen LogP) is 5.20. The third kappa shape index (κ3) is 3.64. The van der Waals surface area contributed by atoms with Crippen molar-refractivity contribution in [2.75, 3.05) is 0 Å². The first-order valence-electron chi connectivity index (χ1n) is 9.54. The minimum Gasteiger partial charge on any atom is -0.297 e. The molecule has 0 aliphatic carbocycles. The van der Waals surface area contributed by atoms with E-state index in [4.69, 9.17) is 0 Å². The lowest BCUT2D eigenvalue weighted by Crippen LogP contribution is -2.30. The molecule has 4 rings (SSSR count). The van der Waals surface area contributed by atoms with Gasteiger partial charge in [0.2, 0.25) is 7.29 Å². The van der Waals surface area contributed by atoms with Crippen LogP contribution in [0.15, 0.2) is 97.2 Å². The maximum atomic E-state index is 14.3. The lowest BCUT2D eigenvalue weighted by Gasteiger charge is -2.26. The van der Waals surface area contributed by atoms with Gasteiger partial charge in [-0.15, -0.1) is 0 Å². The van der Waals surface area contributed by atoms with Crippen molar-refractivity contribution in [2.45, 2.75) is 19.4 Å². The van der Waals surface area contributed by atoms with Crippen molar-refractivity contribution in [2.24, 2.45) is 0 Å². The fourth-order valence-corrected chi connectivity index (χ4v) is 6.02. The van der Waals surface area contributed by atoms with Crippen molar-refractivity contribution in [1.82, 2.24) is 10.1 Å². The molecule has 1 heterocycles. The largest absolute Gasteiger partial charge is 0.297 e. The minimum atomic E-state index is -3.00. The predicted molar refractivity (Wildman–Crippen MR) is 118 cm³/mol. The monoisotopic (exact) mass is 386 g/mol. The Balaban J connectivity index is 1.77. The molecule has 1 atom stereocenters. The average Bonchev–Trinajstić information content (AvgIpc) is 2.78. The summed E-state index contributed by atoms with van der Waals surface area (Å²) in [6.07, 6.45) is 2.70. The molecular formula is C24H23N2OP. The second-order valence-corrected chi connectivity index (χ2v) is 9.34. The van der Waals surface area contributed by atoms with E-state index in [2.05, 4.69) is 29.1 Å². The molecule has 1 aromatic heterocycles. The molecule has 0 saturated carbocycles. The van der Waals surface area contributed by atoms with Crippen LogP contribution in [-0.4, -0.2) is 4.98 Å². The van der Waals surface area contributed by atoms with E-state index in [0.29, 0.717) is 0 Å². The molecule has 140 valence electrons. The van der Waals surface area contributed by atoms with E-state index in [1.54, 1.807) is 0 Å². The van der Waals surface area contributed by atoms with E-state index in [9.17, 15) is 4.57 Å². The Bertz CT molecular complexity index is 1070. The number of fused-ring (bicyclic) bond motifs is 1. The van der Waals surface area contributed by atoms with E-state index in [1.165, 1.54) is 0 Å². The van der Waals surface area contributed by atoms with Crippen LogP contribution in [0.3, 0.4) is 0 Å². The van der Waals surface area contributed by atoms with Gasteiger partial charge in [-0.1, -0.05) is 61.5 Å². The average molecular weight is 386 g/mol. The maximum absolute atomic E-state index is 14.3. The molecule has 0 aliphatic heterocycles. The van der Waals surface area contributed by atoms with E-state index in [1.807, 2.05) is 85.1 Å². The lowest BCUT2D eigenvalue weighted by atomic mass is 10.1. The molecule has 0 amide bonds. The van der Waals surface area contributed by atoms with Gasteiger partial charge in [0.05, 0.1) is 5.52 Å². The Morgan fingerprint density at radius 3 is 2.04 bits per heavy atom. The molecular weight excluding hydrogens is 363 g/mol. The number of benzene rings is 3. The second-order valence-electron chi connectivity index (χ2n) is 6.83. The lowest BCUT2D eigenvalue weighted by molar-refractivity contribution is 0.555. The topological polar surface area (TPSA) is 42.0 Å². The van der Waals surface area contributed by atoms with Crippen LogP contribution in [0.2, 0.25) is 0 Å². The second kappa shape index (κ2) is 8.10. The standard InChI is InChI=1S/C24H23N2OP/c1-2-23(20-17-19-11-9-10-16-24(19)25-18-20)26-28(27,21-12-5-3-6-13-21)22-14-7-4-8-15-22/h3-18,23H,2H2,1H3,(H,26,27)/t23-/m0/s1. The molecule has 3 aromatic carbocycles. The molecule has 0 bridgehead atoms. The quantitative estimate of drug-likeness (QED) is 0.463. The van der Waals surface area contributed by atoms with Crippen LogP contribution in [0, 0.1) is 0 Å². The van der Waals surface area contributed by atoms with Gasteiger partial charge in [0.15, 0.2) is 0 Å². The van der Waals surface area contributed by atoms with Crippen LogP contribution in [-0.2, 0) is 4.57 Å². The van der Waals surface area contributed by atoms with Gasteiger partial charge in [-0.3, -0.25) is 14.6 Å². The minimum absolute atomic E-state index is 0.0663. The third-order valence-electron chi connectivity index (χ3n) is 5.00. The van der Waals surface area contributed by atoms with Crippen molar-refractivity contribution < 1.29 is 4.57 Å². The Kier molecular flexibility index (Phi) is 5.38. The van der Waals surface area contributed by atoms with E-state index in [0.717, 1.165) is 33.5 Å². The van der Waals surface area contributed by atoms with Gasteiger partial charge in [0, 0.05) is 28.2 Å². The first kappa shape index (κ1) is 18.6. The Morgan fingerprint density at radius 1 is 0.857 bits per heavy atom. The van der Waals surface area contributed by atoms with Gasteiger partial charge in [-0.25, -0.2) is 0 Å². The molecule has 0 unspecified atom stereocenters. The number of rotatable bonds is 6. The molecule has 0 saturated heterocycles. The number of aromatic nitrogens is 1. The van der Waals surface area contributed by atoms with Crippen molar-refractivity contribution in [1.29, 1.82) is 0 Å². The van der Waals surface area contributed by atoms with Gasteiger partial charge >= 0.3 is 0 Å². The van der Waals surface area contributed by atoms with Crippen LogP contribution >= 0.6 is 7.29 Å². The molecule has 4 heteroatoms. The summed E-state index contributed by atoms with van der Waals surface area (Å²) >= 11 is 0. The number of nitrogens with zero attached hydrogens (tertiary/aromatic N) is 1. The summed E-state index contributed by atoms with van der Waals surface area (Å²) in [5.41, 5.74) is 2.02. The molecule has 1 N–H and O–H groups in total. The smallest absolute Gasteiger partial charge is 0.205 e. The summed E-state index contributed by atoms with van der Waals surface area (Å²) in [7, 11) is -3.00. The third-order valence-corrected chi connectivity index (χ3v) is 7.73. The van der Waals surface area contributed by atoms with Crippen molar-refractivity contribution in [3.05, 3.63) is 103 Å². The van der Waals surface area contributed by atoms with Crippen molar-refractivity contribution >= 4 is 28.8 Å². The Labute approximate surface area is 165 Å². The van der Waals surface area contributed by atoms with Gasteiger partial charge in [-0.2, -0.15) is 0 Å². The molecule has 3 nitrogen and oxygen atoms in total. The van der Waals surface area contributed by atoms with Crippen LogP contribution < -0.4 is 15.7 Å². The fourth-order valence-electron chi connectivity index (χ4n) is 3.47. The maximum Gasteiger partial charge on any atom is 0.205 e. The molecule has 0 fully saturated rings. The van der Waals surface area contributed by atoms with Crippen LogP contribution in [0.5, 0.6) is 0 Å². The van der Waals surface area contributed by atoms with Crippen molar-refractivity contribution in [3.63, 3.8) is 0 Å². The molecule has 0 radical (unpaired) electrons. The first-order valence-corrected chi connectivity index (χ1v) is 11.2. The summed E-state index contributed by atoms with van der Waals surface area (Å²) in [6.45, 7) is 2.10. The summed E-state index contributed by atoms with van der Waals surface area (Å²) in [5, 5.41) is 6.23. The highest BCUT2D eigenvalue weighted by Crippen LogP contribution is 2.42. The first-order chi connectivity index (χ1) is 13.7. The van der Waals surface area contributed by atoms with E-state index >= 15 is 0 Å². The normalized spacial score (nSPS) is 12.8. The Hall–Kier alpha value is -2.74. The van der Waals surface area contributed by atoms with Gasteiger partial charge in [0.1, 0.15) is 0 Å². The summed E-state index contributed by atoms with van der Waals surface area (Å²) in [4.78, 5) is 4.60. The van der Waals surface area contributed by atoms with E-state index in [-0.39, 0.29) is 6.04 Å². The number of pyridine rings is 1. The molecule has 28 heavy (non-hydrogen) atoms. The number of hydrogen-bond donors (Lipinski definition) is 1. The Morgan fingerprint density at radius 2 is 1.43 bits per heavy atom. The highest BCUT2D eigenvalue weighted by Gasteiger charge is 2.30. The zero-order chi connectivity index (χ0) is 19.4. The number of hydrogen-bond acceptors (Lipinski definition) is 2. The summed E-state index contributed by atoms with van der Waals surface area (Å²) < 4.78 is 14.3.